The molecule has 0 spiro atoms. The molecule has 1 aromatic rings. The smallest absolute Gasteiger partial charge is 0.191 e. The maximum Gasteiger partial charge on any atom is 0.191 e. The minimum Gasteiger partial charge on any atom is -0.356 e. The van der Waals surface area contributed by atoms with Crippen LogP contribution in [0, 0.1) is 0 Å². The van der Waals surface area contributed by atoms with Gasteiger partial charge in [0.05, 0.1) is 0 Å². The number of likely N-dealkylation sites (tertiary alicyclic amines) is 1. The molecular formula is C19H30N4. The number of aliphatic imine (C=N–C) groups is 1. The second-order valence-corrected chi connectivity index (χ2v) is 6.90. The molecule has 0 aromatic heterocycles. The standard InChI is InChI=1S/C19H30N4/c1-20-18(21-12-15-23-13-6-3-7-14-23)22-16-19(10-11-19)17-8-4-2-5-9-17/h2,4-5,8-9H,3,6-7,10-16H2,1H3,(H2,20,21,22). The van der Waals surface area contributed by atoms with E-state index in [9.17, 15) is 0 Å². The number of benzene rings is 1. The molecule has 2 fully saturated rings. The molecule has 2 aliphatic rings. The minimum atomic E-state index is 0.325. The van der Waals surface area contributed by atoms with Gasteiger partial charge in [-0.15, -0.1) is 0 Å². The highest BCUT2D eigenvalue weighted by molar-refractivity contribution is 5.79. The summed E-state index contributed by atoms with van der Waals surface area (Å²) < 4.78 is 0. The van der Waals surface area contributed by atoms with Gasteiger partial charge in [0.2, 0.25) is 0 Å². The molecule has 0 amide bonds. The first-order valence-corrected chi connectivity index (χ1v) is 9.05. The van der Waals surface area contributed by atoms with Crippen LogP contribution in [-0.4, -0.2) is 50.6 Å². The van der Waals surface area contributed by atoms with Gasteiger partial charge in [0, 0.05) is 32.1 Å². The number of piperidine rings is 1. The maximum absolute atomic E-state index is 4.37. The average molecular weight is 314 g/mol. The lowest BCUT2D eigenvalue weighted by Gasteiger charge is -2.26. The summed E-state index contributed by atoms with van der Waals surface area (Å²) in [6.07, 6.45) is 6.65. The van der Waals surface area contributed by atoms with E-state index < -0.39 is 0 Å². The topological polar surface area (TPSA) is 39.7 Å². The fourth-order valence-corrected chi connectivity index (χ4v) is 3.50. The van der Waals surface area contributed by atoms with Crippen LogP contribution < -0.4 is 10.6 Å². The van der Waals surface area contributed by atoms with Gasteiger partial charge in [0.15, 0.2) is 5.96 Å². The maximum atomic E-state index is 4.37. The normalized spacial score (nSPS) is 21.0. The third-order valence-corrected chi connectivity index (χ3v) is 5.23. The van der Waals surface area contributed by atoms with E-state index in [1.54, 1.807) is 0 Å². The Labute approximate surface area is 140 Å². The van der Waals surface area contributed by atoms with Gasteiger partial charge in [0.25, 0.3) is 0 Å². The summed E-state index contributed by atoms with van der Waals surface area (Å²) in [5, 5.41) is 6.99. The van der Waals surface area contributed by atoms with Gasteiger partial charge >= 0.3 is 0 Å². The molecule has 1 aliphatic heterocycles. The van der Waals surface area contributed by atoms with E-state index in [0.29, 0.717) is 5.41 Å². The Morgan fingerprint density at radius 3 is 2.48 bits per heavy atom. The first-order chi connectivity index (χ1) is 11.3. The van der Waals surface area contributed by atoms with Crippen molar-refractivity contribution in [2.24, 2.45) is 4.99 Å². The summed E-state index contributed by atoms with van der Waals surface area (Å²) >= 11 is 0. The van der Waals surface area contributed by atoms with Crippen LogP contribution >= 0.6 is 0 Å². The van der Waals surface area contributed by atoms with Gasteiger partial charge in [-0.3, -0.25) is 4.99 Å². The Bertz CT molecular complexity index is 501. The third kappa shape index (κ3) is 4.47. The van der Waals surface area contributed by atoms with Crippen molar-refractivity contribution >= 4 is 5.96 Å². The third-order valence-electron chi connectivity index (χ3n) is 5.23. The zero-order chi connectivity index (χ0) is 16.0. The van der Waals surface area contributed by atoms with E-state index in [1.165, 1.54) is 50.8 Å². The number of nitrogens with one attached hydrogen (secondary N) is 2. The Morgan fingerprint density at radius 1 is 1.09 bits per heavy atom. The predicted molar refractivity (Wildman–Crippen MR) is 97.0 cm³/mol. The molecule has 126 valence electrons. The van der Waals surface area contributed by atoms with Crippen molar-refractivity contribution in [1.29, 1.82) is 0 Å². The monoisotopic (exact) mass is 314 g/mol. The number of guanidine groups is 1. The van der Waals surface area contributed by atoms with Gasteiger partial charge < -0.3 is 15.5 Å². The molecule has 0 radical (unpaired) electrons. The highest BCUT2D eigenvalue weighted by Gasteiger charge is 2.43. The molecule has 0 unspecified atom stereocenters. The van der Waals surface area contributed by atoms with E-state index >= 15 is 0 Å². The molecule has 4 nitrogen and oxygen atoms in total. The van der Waals surface area contributed by atoms with Crippen molar-refractivity contribution in [3.63, 3.8) is 0 Å². The van der Waals surface area contributed by atoms with Crippen molar-refractivity contribution in [3.8, 4) is 0 Å². The van der Waals surface area contributed by atoms with Crippen molar-refractivity contribution in [3.05, 3.63) is 35.9 Å². The fourth-order valence-electron chi connectivity index (χ4n) is 3.50. The summed E-state index contributed by atoms with van der Waals surface area (Å²) in [5.41, 5.74) is 1.78. The zero-order valence-electron chi connectivity index (χ0n) is 14.4. The average Bonchev–Trinajstić information content (AvgIpc) is 3.41. The number of hydrogen-bond donors (Lipinski definition) is 2. The highest BCUT2D eigenvalue weighted by atomic mass is 15.2. The fraction of sp³-hybridized carbons (Fsp3) is 0.632. The largest absolute Gasteiger partial charge is 0.356 e. The second-order valence-electron chi connectivity index (χ2n) is 6.90. The molecule has 1 heterocycles. The van der Waals surface area contributed by atoms with Gasteiger partial charge in [-0.25, -0.2) is 0 Å². The van der Waals surface area contributed by atoms with Crippen LogP contribution in [0.25, 0.3) is 0 Å². The lowest BCUT2D eigenvalue weighted by Crippen LogP contribution is -2.44. The van der Waals surface area contributed by atoms with E-state index in [4.69, 9.17) is 0 Å². The van der Waals surface area contributed by atoms with Crippen molar-refractivity contribution in [1.82, 2.24) is 15.5 Å². The van der Waals surface area contributed by atoms with Gasteiger partial charge in [-0.05, 0) is 44.3 Å². The quantitative estimate of drug-likeness (QED) is 0.625. The molecule has 23 heavy (non-hydrogen) atoms. The summed E-state index contributed by atoms with van der Waals surface area (Å²) in [6.45, 7) is 5.57. The van der Waals surface area contributed by atoms with E-state index in [0.717, 1.165) is 25.6 Å². The molecule has 1 saturated carbocycles. The Morgan fingerprint density at radius 2 is 1.83 bits per heavy atom. The number of rotatable bonds is 6. The Hall–Kier alpha value is -1.55. The highest BCUT2D eigenvalue weighted by Crippen LogP contribution is 2.47. The second kappa shape index (κ2) is 7.82. The minimum absolute atomic E-state index is 0.325. The first-order valence-electron chi connectivity index (χ1n) is 9.05. The SMILES string of the molecule is CN=C(NCCN1CCCCC1)NCC1(c2ccccc2)CC1. The molecule has 2 N–H and O–H groups in total. The molecule has 3 rings (SSSR count). The van der Waals surface area contributed by atoms with Crippen LogP contribution in [0.1, 0.15) is 37.7 Å². The molecule has 4 heteroatoms. The van der Waals surface area contributed by atoms with Crippen molar-refractivity contribution in [2.45, 2.75) is 37.5 Å². The number of nitrogens with zero attached hydrogens (tertiary/aromatic N) is 2. The lowest BCUT2D eigenvalue weighted by atomic mass is 9.96. The number of hydrogen-bond acceptors (Lipinski definition) is 2. The van der Waals surface area contributed by atoms with Gasteiger partial charge in [-0.2, -0.15) is 0 Å². The van der Waals surface area contributed by atoms with Crippen LogP contribution in [0.5, 0.6) is 0 Å². The molecule has 1 aromatic carbocycles. The predicted octanol–water partition coefficient (Wildman–Crippen LogP) is 2.37. The van der Waals surface area contributed by atoms with Crippen LogP contribution in [0.3, 0.4) is 0 Å². The van der Waals surface area contributed by atoms with Crippen LogP contribution in [0.2, 0.25) is 0 Å². The Kier molecular flexibility index (Phi) is 5.55. The van der Waals surface area contributed by atoms with E-state index in [-0.39, 0.29) is 0 Å². The summed E-state index contributed by atoms with van der Waals surface area (Å²) in [7, 11) is 1.86. The molecule has 1 aliphatic carbocycles. The van der Waals surface area contributed by atoms with E-state index in [1.807, 2.05) is 7.05 Å². The van der Waals surface area contributed by atoms with Gasteiger partial charge in [-0.1, -0.05) is 36.8 Å². The Balaban J connectivity index is 1.41. The summed E-state index contributed by atoms with van der Waals surface area (Å²) in [6, 6.07) is 10.9. The van der Waals surface area contributed by atoms with Crippen molar-refractivity contribution in [2.75, 3.05) is 39.8 Å². The van der Waals surface area contributed by atoms with E-state index in [2.05, 4.69) is 50.9 Å². The van der Waals surface area contributed by atoms with Gasteiger partial charge in [0.1, 0.15) is 0 Å². The molecule has 1 saturated heterocycles. The summed E-state index contributed by atoms with van der Waals surface area (Å²) in [4.78, 5) is 6.92. The van der Waals surface area contributed by atoms with Crippen LogP contribution in [0.15, 0.2) is 35.3 Å². The van der Waals surface area contributed by atoms with Crippen LogP contribution in [-0.2, 0) is 5.41 Å². The molecular weight excluding hydrogens is 284 g/mol. The van der Waals surface area contributed by atoms with Crippen LogP contribution in [0.4, 0.5) is 0 Å². The molecule has 0 bridgehead atoms. The zero-order valence-corrected chi connectivity index (χ0v) is 14.4. The molecule has 0 atom stereocenters. The first kappa shape index (κ1) is 16.3. The lowest BCUT2D eigenvalue weighted by molar-refractivity contribution is 0.232. The van der Waals surface area contributed by atoms with Crippen molar-refractivity contribution < 1.29 is 0 Å². The summed E-state index contributed by atoms with van der Waals surface area (Å²) in [5.74, 6) is 0.934.